The molecule has 0 unspecified atom stereocenters. The summed E-state index contributed by atoms with van der Waals surface area (Å²) in [5, 5.41) is 0. The van der Waals surface area contributed by atoms with E-state index in [1.54, 1.807) is 0 Å². The third-order valence-corrected chi connectivity index (χ3v) is 5.28. The number of Topliss-reactive ketones (excluding diaryl/α,β-unsaturated/α-hetero) is 1. The number of hydrogen-bond donors (Lipinski definition) is 0. The van der Waals surface area contributed by atoms with E-state index in [-0.39, 0.29) is 22.6 Å². The molecule has 2 rings (SSSR count). The van der Waals surface area contributed by atoms with Crippen LogP contribution in [-0.2, 0) is 14.3 Å². The molecule has 0 spiro atoms. The molecular formula is C12H18O3. The van der Waals surface area contributed by atoms with Crippen molar-refractivity contribution >= 4 is 11.8 Å². The predicted octanol–water partition coefficient (Wildman–Crippen LogP) is 1.94. The normalized spacial score (nSPS) is 42.0. The molecule has 2 aliphatic rings. The van der Waals surface area contributed by atoms with Crippen LogP contribution in [0.2, 0.25) is 0 Å². The molecule has 3 nitrogen and oxygen atoms in total. The summed E-state index contributed by atoms with van der Waals surface area (Å²) in [6.07, 6.45) is 1.96. The van der Waals surface area contributed by atoms with Crippen LogP contribution in [0.25, 0.3) is 0 Å². The summed E-state index contributed by atoms with van der Waals surface area (Å²) < 4.78 is 4.89. The van der Waals surface area contributed by atoms with Gasteiger partial charge in [0.05, 0.1) is 12.5 Å². The standard InChI is InChI=1S/C12H18O3/c1-10(2)11(3)5-6-12(10,7-8(11)13)9(14)15-4/h5-7H2,1-4H3/t11-,12+/m0/s1. The molecule has 0 aromatic carbocycles. The Morgan fingerprint density at radius 2 is 1.87 bits per heavy atom. The Balaban J connectivity index is 2.54. The largest absolute Gasteiger partial charge is 0.469 e. The Bertz CT molecular complexity index is 345. The number of rotatable bonds is 1. The summed E-state index contributed by atoms with van der Waals surface area (Å²) >= 11 is 0. The van der Waals surface area contributed by atoms with Gasteiger partial charge in [0, 0.05) is 11.8 Å². The van der Waals surface area contributed by atoms with Crippen LogP contribution in [0, 0.1) is 16.2 Å². The number of fused-ring (bicyclic) bond motifs is 2. The Morgan fingerprint density at radius 1 is 1.27 bits per heavy atom. The molecule has 0 amide bonds. The molecule has 2 bridgehead atoms. The monoisotopic (exact) mass is 210 g/mol. The fraction of sp³-hybridized carbons (Fsp3) is 0.833. The number of hydrogen-bond acceptors (Lipinski definition) is 3. The molecule has 0 N–H and O–H groups in total. The molecule has 0 radical (unpaired) electrons. The summed E-state index contributed by atoms with van der Waals surface area (Å²) in [6.45, 7) is 6.05. The average molecular weight is 210 g/mol. The molecule has 2 aliphatic carbocycles. The minimum Gasteiger partial charge on any atom is -0.469 e. The Morgan fingerprint density at radius 3 is 2.20 bits per heavy atom. The lowest BCUT2D eigenvalue weighted by Crippen LogP contribution is -2.41. The van der Waals surface area contributed by atoms with E-state index in [0.717, 1.165) is 12.8 Å². The summed E-state index contributed by atoms with van der Waals surface area (Å²) in [5.74, 6) is 0.0197. The van der Waals surface area contributed by atoms with Crippen LogP contribution in [0.4, 0.5) is 0 Å². The van der Waals surface area contributed by atoms with Crippen LogP contribution in [0.1, 0.15) is 40.0 Å². The van der Waals surface area contributed by atoms with Gasteiger partial charge in [-0.1, -0.05) is 20.8 Å². The van der Waals surface area contributed by atoms with Gasteiger partial charge in [0.15, 0.2) is 0 Å². The molecule has 0 aliphatic heterocycles. The average Bonchev–Trinajstić information content (AvgIpc) is 2.47. The maximum absolute atomic E-state index is 12.0. The van der Waals surface area contributed by atoms with Crippen molar-refractivity contribution in [1.29, 1.82) is 0 Å². The smallest absolute Gasteiger partial charge is 0.312 e. The summed E-state index contributed by atoms with van der Waals surface area (Å²) in [7, 11) is 1.41. The number of ketones is 1. The lowest BCUT2D eigenvalue weighted by Gasteiger charge is -2.37. The Kier molecular flexibility index (Phi) is 1.87. The fourth-order valence-corrected chi connectivity index (χ4v) is 3.51. The van der Waals surface area contributed by atoms with Crippen molar-refractivity contribution in [2.45, 2.75) is 40.0 Å². The van der Waals surface area contributed by atoms with E-state index in [0.29, 0.717) is 6.42 Å². The molecule has 0 aromatic heterocycles. The first-order valence-electron chi connectivity index (χ1n) is 5.43. The van der Waals surface area contributed by atoms with Crippen molar-refractivity contribution in [3.63, 3.8) is 0 Å². The summed E-state index contributed by atoms with van der Waals surface area (Å²) in [4.78, 5) is 23.9. The molecule has 2 atom stereocenters. The molecule has 15 heavy (non-hydrogen) atoms. The predicted molar refractivity (Wildman–Crippen MR) is 55.2 cm³/mol. The van der Waals surface area contributed by atoms with Gasteiger partial charge >= 0.3 is 5.97 Å². The molecular weight excluding hydrogens is 192 g/mol. The minimum absolute atomic E-state index is 0.206. The third-order valence-electron chi connectivity index (χ3n) is 5.28. The van der Waals surface area contributed by atoms with Gasteiger partial charge in [0.2, 0.25) is 0 Å². The quantitative estimate of drug-likeness (QED) is 0.621. The first kappa shape index (κ1) is 10.7. The van der Waals surface area contributed by atoms with Crippen molar-refractivity contribution in [3.05, 3.63) is 0 Å². The van der Waals surface area contributed by atoms with Crippen LogP contribution in [0.15, 0.2) is 0 Å². The molecule has 2 saturated carbocycles. The first-order chi connectivity index (χ1) is 6.82. The lowest BCUT2D eigenvalue weighted by atomic mass is 9.65. The van der Waals surface area contributed by atoms with Crippen LogP contribution in [0.3, 0.4) is 0 Å². The topological polar surface area (TPSA) is 43.4 Å². The SMILES string of the molecule is COC(=O)[C@@]12CC[C@@](C)(C(=O)C1)C2(C)C. The summed E-state index contributed by atoms with van der Waals surface area (Å²) in [5.41, 5.74) is -1.17. The first-order valence-corrected chi connectivity index (χ1v) is 5.43. The highest BCUT2D eigenvalue weighted by Gasteiger charge is 2.73. The zero-order valence-electron chi connectivity index (χ0n) is 9.85. The lowest BCUT2D eigenvalue weighted by molar-refractivity contribution is -0.158. The van der Waals surface area contributed by atoms with E-state index < -0.39 is 5.41 Å². The van der Waals surface area contributed by atoms with E-state index >= 15 is 0 Å². The van der Waals surface area contributed by atoms with Crippen LogP contribution < -0.4 is 0 Å². The number of ether oxygens (including phenoxy) is 1. The zero-order valence-corrected chi connectivity index (χ0v) is 9.85. The Labute approximate surface area is 90.2 Å². The molecule has 2 fully saturated rings. The van der Waals surface area contributed by atoms with Crippen molar-refractivity contribution in [1.82, 2.24) is 0 Å². The second-order valence-electron chi connectivity index (χ2n) is 5.63. The molecule has 3 heteroatoms. The number of carbonyl (C=O) groups is 2. The maximum atomic E-state index is 12.0. The minimum atomic E-state index is -0.562. The van der Waals surface area contributed by atoms with E-state index in [9.17, 15) is 9.59 Å². The van der Waals surface area contributed by atoms with Crippen molar-refractivity contribution < 1.29 is 14.3 Å². The van der Waals surface area contributed by atoms with Crippen LogP contribution in [0.5, 0.6) is 0 Å². The van der Waals surface area contributed by atoms with Gasteiger partial charge < -0.3 is 4.74 Å². The van der Waals surface area contributed by atoms with Crippen molar-refractivity contribution in [2.75, 3.05) is 7.11 Å². The van der Waals surface area contributed by atoms with Crippen LogP contribution in [-0.4, -0.2) is 18.9 Å². The molecule has 84 valence electrons. The van der Waals surface area contributed by atoms with Gasteiger partial charge in [-0.2, -0.15) is 0 Å². The number of esters is 1. The van der Waals surface area contributed by atoms with Gasteiger partial charge in [-0.05, 0) is 18.3 Å². The summed E-state index contributed by atoms with van der Waals surface area (Å²) in [6, 6.07) is 0. The molecule has 0 heterocycles. The highest BCUT2D eigenvalue weighted by molar-refractivity contribution is 5.97. The second kappa shape index (κ2) is 2.63. The molecule has 0 saturated heterocycles. The van der Waals surface area contributed by atoms with E-state index in [2.05, 4.69) is 0 Å². The van der Waals surface area contributed by atoms with Crippen molar-refractivity contribution in [2.24, 2.45) is 16.2 Å². The number of methoxy groups -OCH3 is 1. The van der Waals surface area contributed by atoms with Crippen LogP contribution >= 0.6 is 0 Å². The second-order valence-corrected chi connectivity index (χ2v) is 5.63. The van der Waals surface area contributed by atoms with E-state index in [1.807, 2.05) is 20.8 Å². The highest BCUT2D eigenvalue weighted by Crippen LogP contribution is 2.70. The van der Waals surface area contributed by atoms with Gasteiger partial charge in [0.1, 0.15) is 5.78 Å². The Hall–Kier alpha value is -0.860. The highest BCUT2D eigenvalue weighted by atomic mass is 16.5. The number of carbonyl (C=O) groups excluding carboxylic acids is 2. The fourth-order valence-electron chi connectivity index (χ4n) is 3.51. The zero-order chi connectivity index (χ0) is 11.5. The third kappa shape index (κ3) is 0.876. The maximum Gasteiger partial charge on any atom is 0.312 e. The van der Waals surface area contributed by atoms with Crippen molar-refractivity contribution in [3.8, 4) is 0 Å². The van der Waals surface area contributed by atoms with Gasteiger partial charge in [-0.3, -0.25) is 9.59 Å². The van der Waals surface area contributed by atoms with Gasteiger partial charge in [-0.25, -0.2) is 0 Å². The van der Waals surface area contributed by atoms with E-state index in [1.165, 1.54) is 7.11 Å². The molecule has 0 aromatic rings. The van der Waals surface area contributed by atoms with Gasteiger partial charge in [-0.15, -0.1) is 0 Å². The van der Waals surface area contributed by atoms with E-state index in [4.69, 9.17) is 4.74 Å². The van der Waals surface area contributed by atoms with Gasteiger partial charge in [0.25, 0.3) is 0 Å².